The van der Waals surface area contributed by atoms with Gasteiger partial charge >= 0.3 is 0 Å². The summed E-state index contributed by atoms with van der Waals surface area (Å²) in [6, 6.07) is 17.6. The molecule has 0 aliphatic rings. The fourth-order valence-electron chi connectivity index (χ4n) is 3.87. The van der Waals surface area contributed by atoms with Crippen LogP contribution >= 0.6 is 0 Å². The summed E-state index contributed by atoms with van der Waals surface area (Å²) in [5.41, 5.74) is 4.24. The molecule has 3 N–H and O–H groups in total. The van der Waals surface area contributed by atoms with E-state index in [1.54, 1.807) is 19.3 Å². The molecule has 8 heteroatoms. The van der Waals surface area contributed by atoms with Gasteiger partial charge in [0.15, 0.2) is 5.69 Å². The largest absolute Gasteiger partial charge is 0.480 e. The highest BCUT2D eigenvalue weighted by molar-refractivity contribution is 6.05. The molecular weight excluding hydrogens is 430 g/mol. The third-order valence-corrected chi connectivity index (χ3v) is 5.86. The molecule has 2 aromatic heterocycles. The lowest BCUT2D eigenvalue weighted by molar-refractivity contribution is 0.0944. The van der Waals surface area contributed by atoms with Gasteiger partial charge in [0.1, 0.15) is 5.56 Å². The minimum atomic E-state index is -0.259. The summed E-state index contributed by atoms with van der Waals surface area (Å²) in [6.07, 6.45) is 2.47. The molecule has 4 aromatic rings. The van der Waals surface area contributed by atoms with E-state index in [-0.39, 0.29) is 17.7 Å². The summed E-state index contributed by atoms with van der Waals surface area (Å²) in [5, 5.41) is 13.3. The average molecular weight is 458 g/mol. The van der Waals surface area contributed by atoms with Gasteiger partial charge in [-0.25, -0.2) is 4.98 Å². The van der Waals surface area contributed by atoms with Crippen molar-refractivity contribution in [2.45, 2.75) is 19.3 Å². The number of hydrogen-bond acceptors (Lipinski definition) is 5. The van der Waals surface area contributed by atoms with Crippen molar-refractivity contribution in [1.29, 1.82) is 0 Å². The van der Waals surface area contributed by atoms with Crippen molar-refractivity contribution in [2.75, 3.05) is 20.7 Å². The van der Waals surface area contributed by atoms with Crippen molar-refractivity contribution in [2.24, 2.45) is 0 Å². The highest BCUT2D eigenvalue weighted by Gasteiger charge is 2.17. The quantitative estimate of drug-likeness (QED) is 0.372. The number of nitrogens with one attached hydrogen (secondary N) is 3. The second-order valence-electron chi connectivity index (χ2n) is 8.05. The van der Waals surface area contributed by atoms with Gasteiger partial charge in [0.25, 0.3) is 11.8 Å². The molecule has 0 saturated carbocycles. The summed E-state index contributed by atoms with van der Waals surface area (Å²) in [4.78, 5) is 29.3. The third-order valence-electron chi connectivity index (χ3n) is 5.86. The lowest BCUT2D eigenvalue weighted by Gasteiger charge is -2.14. The second kappa shape index (κ2) is 10.2. The summed E-state index contributed by atoms with van der Waals surface area (Å²) in [7, 11) is 3.06. The molecule has 174 valence electrons. The first-order valence-corrected chi connectivity index (χ1v) is 11.1. The number of H-pyrrole nitrogens is 1. The first-order valence-electron chi connectivity index (χ1n) is 11.1. The van der Waals surface area contributed by atoms with Crippen LogP contribution in [0, 0.1) is 0 Å². The average Bonchev–Trinajstić information content (AvgIpc) is 3.31. The summed E-state index contributed by atoms with van der Waals surface area (Å²) < 4.78 is 5.33. The van der Waals surface area contributed by atoms with E-state index >= 15 is 0 Å². The van der Waals surface area contributed by atoms with E-state index in [4.69, 9.17) is 4.74 Å². The number of hydrogen-bond donors (Lipinski definition) is 3. The first kappa shape index (κ1) is 23.0. The van der Waals surface area contributed by atoms with Crippen LogP contribution in [0.1, 0.15) is 45.7 Å². The molecule has 0 spiro atoms. The third kappa shape index (κ3) is 4.76. The van der Waals surface area contributed by atoms with Gasteiger partial charge in [0.05, 0.1) is 12.6 Å². The van der Waals surface area contributed by atoms with Crippen LogP contribution in [-0.4, -0.2) is 47.7 Å². The predicted molar refractivity (Wildman–Crippen MR) is 131 cm³/mol. The Morgan fingerprint density at radius 1 is 1.06 bits per heavy atom. The van der Waals surface area contributed by atoms with E-state index in [2.05, 4.69) is 44.9 Å². The van der Waals surface area contributed by atoms with Crippen LogP contribution in [0.4, 0.5) is 0 Å². The Kier molecular flexibility index (Phi) is 6.87. The van der Waals surface area contributed by atoms with Gasteiger partial charge in [-0.15, -0.1) is 0 Å². The highest BCUT2D eigenvalue weighted by Crippen LogP contribution is 2.28. The number of fused-ring (bicyclic) bond motifs is 1. The highest BCUT2D eigenvalue weighted by atomic mass is 16.5. The van der Waals surface area contributed by atoms with E-state index in [1.165, 1.54) is 12.7 Å². The Morgan fingerprint density at radius 2 is 1.85 bits per heavy atom. The van der Waals surface area contributed by atoms with Gasteiger partial charge < -0.3 is 15.4 Å². The molecule has 8 nitrogen and oxygen atoms in total. The molecule has 34 heavy (non-hydrogen) atoms. The van der Waals surface area contributed by atoms with E-state index in [0.717, 1.165) is 22.9 Å². The monoisotopic (exact) mass is 457 g/mol. The molecule has 0 aliphatic carbocycles. The SMILES string of the molecule is CNC(=O)c1n[nH]c2cc(-c3cnc(OC)c(C(=O)NCCC(C)c4ccccc4)c3)ccc12. The van der Waals surface area contributed by atoms with Crippen LogP contribution in [0.3, 0.4) is 0 Å². The van der Waals surface area contributed by atoms with Gasteiger partial charge in [0.2, 0.25) is 5.88 Å². The van der Waals surface area contributed by atoms with Crippen LogP contribution in [0.15, 0.2) is 60.8 Å². The van der Waals surface area contributed by atoms with Gasteiger partial charge in [-0.05, 0) is 41.7 Å². The van der Waals surface area contributed by atoms with Gasteiger partial charge in [-0.1, -0.05) is 43.3 Å². The number of carbonyl (C=O) groups is 2. The zero-order valence-corrected chi connectivity index (χ0v) is 19.4. The number of benzene rings is 2. The molecular formula is C26H27N5O3. The number of carbonyl (C=O) groups excluding carboxylic acids is 2. The maximum Gasteiger partial charge on any atom is 0.272 e. The van der Waals surface area contributed by atoms with E-state index in [9.17, 15) is 9.59 Å². The lowest BCUT2D eigenvalue weighted by Crippen LogP contribution is -2.26. The Labute approximate surface area is 197 Å². The number of amides is 2. The second-order valence-corrected chi connectivity index (χ2v) is 8.05. The van der Waals surface area contributed by atoms with Crippen molar-refractivity contribution < 1.29 is 14.3 Å². The number of nitrogens with zero attached hydrogens (tertiary/aromatic N) is 2. The molecule has 2 amide bonds. The Balaban J connectivity index is 1.52. The number of pyridine rings is 1. The van der Waals surface area contributed by atoms with Crippen LogP contribution in [0.2, 0.25) is 0 Å². The van der Waals surface area contributed by atoms with E-state index < -0.39 is 0 Å². The molecule has 2 aromatic carbocycles. The predicted octanol–water partition coefficient (Wildman–Crippen LogP) is 3.92. The number of rotatable bonds is 8. The van der Waals surface area contributed by atoms with Crippen LogP contribution in [0.25, 0.3) is 22.0 Å². The summed E-state index contributed by atoms with van der Waals surface area (Å²) >= 11 is 0. The molecule has 0 aliphatic heterocycles. The fourth-order valence-corrected chi connectivity index (χ4v) is 3.87. The molecule has 0 fully saturated rings. The number of ether oxygens (including phenoxy) is 1. The topological polar surface area (TPSA) is 109 Å². The van der Waals surface area contributed by atoms with Crippen molar-refractivity contribution in [3.05, 3.63) is 77.6 Å². The van der Waals surface area contributed by atoms with E-state index in [0.29, 0.717) is 29.2 Å². The smallest absolute Gasteiger partial charge is 0.272 e. The fraction of sp³-hybridized carbons (Fsp3) is 0.231. The van der Waals surface area contributed by atoms with Crippen LogP contribution in [0.5, 0.6) is 5.88 Å². The number of aromatic amines is 1. The maximum atomic E-state index is 13.0. The van der Waals surface area contributed by atoms with Gasteiger partial charge in [-0.2, -0.15) is 5.10 Å². The molecule has 2 heterocycles. The van der Waals surface area contributed by atoms with E-state index in [1.807, 2.05) is 36.4 Å². The first-order chi connectivity index (χ1) is 16.5. The van der Waals surface area contributed by atoms with Crippen molar-refractivity contribution in [3.63, 3.8) is 0 Å². The zero-order chi connectivity index (χ0) is 24.1. The Morgan fingerprint density at radius 3 is 2.59 bits per heavy atom. The molecule has 1 unspecified atom stereocenters. The normalized spacial score (nSPS) is 11.7. The lowest BCUT2D eigenvalue weighted by atomic mass is 9.98. The van der Waals surface area contributed by atoms with Crippen molar-refractivity contribution in [3.8, 4) is 17.0 Å². The van der Waals surface area contributed by atoms with Crippen molar-refractivity contribution in [1.82, 2.24) is 25.8 Å². The Bertz CT molecular complexity index is 1320. The number of methoxy groups -OCH3 is 1. The van der Waals surface area contributed by atoms with Gasteiger partial charge in [0, 0.05) is 30.7 Å². The summed E-state index contributed by atoms with van der Waals surface area (Å²) in [5.74, 6) is 0.0946. The molecule has 0 saturated heterocycles. The minimum Gasteiger partial charge on any atom is -0.480 e. The Hall–Kier alpha value is -4.20. The van der Waals surface area contributed by atoms with Crippen molar-refractivity contribution >= 4 is 22.7 Å². The molecule has 4 rings (SSSR count). The van der Waals surface area contributed by atoms with Crippen LogP contribution < -0.4 is 15.4 Å². The molecule has 0 bridgehead atoms. The maximum absolute atomic E-state index is 13.0. The number of aromatic nitrogens is 3. The molecule has 1 atom stereocenters. The standard InChI is InChI=1S/C26H27N5O3/c1-16(17-7-5-4-6-8-17)11-12-28-24(32)21-13-19(15-29-26(21)34-3)18-9-10-20-22(14-18)30-31-23(20)25(33)27-2/h4-10,13-16H,11-12H2,1-3H3,(H,27,33)(H,28,32)(H,30,31). The summed E-state index contributed by atoms with van der Waals surface area (Å²) in [6.45, 7) is 2.68. The van der Waals surface area contributed by atoms with Gasteiger partial charge in [-0.3, -0.25) is 14.7 Å². The minimum absolute atomic E-state index is 0.240. The van der Waals surface area contributed by atoms with Crippen LogP contribution in [-0.2, 0) is 0 Å². The zero-order valence-electron chi connectivity index (χ0n) is 19.4. The molecule has 0 radical (unpaired) electrons.